The second kappa shape index (κ2) is 8.16. The molecule has 1 atom stereocenters. The van der Waals surface area contributed by atoms with E-state index in [-0.39, 0.29) is 22.8 Å². The topological polar surface area (TPSA) is 79.6 Å². The van der Waals surface area contributed by atoms with E-state index in [0.717, 1.165) is 32.1 Å². The molecular weight excluding hydrogens is 328 g/mol. The standard InChI is InChI=1S/C17H28N2O4S/c1-13(2)7-6-8-14(3)18-17(20)15-9-10-16(23-15)24(21,22)19-11-4-5-12-19/h9-10,13-14H,4-8,11-12H2,1-3H3,(H,18,20)/t14-/m0/s1. The molecule has 0 bridgehead atoms. The van der Waals surface area contributed by atoms with Gasteiger partial charge in [-0.25, -0.2) is 8.42 Å². The van der Waals surface area contributed by atoms with Crippen molar-refractivity contribution in [2.24, 2.45) is 5.92 Å². The minimum atomic E-state index is -3.62. The quantitative estimate of drug-likeness (QED) is 0.776. The summed E-state index contributed by atoms with van der Waals surface area (Å²) in [6.45, 7) is 7.32. The molecule has 6 nitrogen and oxygen atoms in total. The third-order valence-corrected chi connectivity index (χ3v) is 6.03. The van der Waals surface area contributed by atoms with Crippen LogP contribution in [0, 0.1) is 5.92 Å². The maximum absolute atomic E-state index is 12.4. The van der Waals surface area contributed by atoms with Crippen LogP contribution in [0.3, 0.4) is 0 Å². The van der Waals surface area contributed by atoms with Crippen LogP contribution in [0.25, 0.3) is 0 Å². The van der Waals surface area contributed by atoms with Gasteiger partial charge in [-0.2, -0.15) is 4.31 Å². The van der Waals surface area contributed by atoms with Crippen molar-refractivity contribution in [2.75, 3.05) is 13.1 Å². The molecule has 2 heterocycles. The van der Waals surface area contributed by atoms with E-state index in [9.17, 15) is 13.2 Å². The first kappa shape index (κ1) is 19.0. The zero-order valence-corrected chi connectivity index (χ0v) is 15.6. The molecule has 1 aliphatic heterocycles. The lowest BCUT2D eigenvalue weighted by atomic mass is 10.0. The van der Waals surface area contributed by atoms with Crippen LogP contribution in [0.5, 0.6) is 0 Å². The molecule has 1 amide bonds. The number of carbonyl (C=O) groups is 1. The Morgan fingerprint density at radius 2 is 1.88 bits per heavy atom. The molecule has 7 heteroatoms. The van der Waals surface area contributed by atoms with Gasteiger partial charge in [0, 0.05) is 19.1 Å². The number of furan rings is 1. The number of nitrogens with one attached hydrogen (secondary N) is 1. The second-order valence-corrected chi connectivity index (χ2v) is 8.80. The van der Waals surface area contributed by atoms with E-state index in [0.29, 0.717) is 19.0 Å². The Morgan fingerprint density at radius 3 is 2.50 bits per heavy atom. The van der Waals surface area contributed by atoms with Crippen molar-refractivity contribution in [2.45, 2.75) is 64.0 Å². The summed E-state index contributed by atoms with van der Waals surface area (Å²) in [6.07, 6.45) is 4.79. The van der Waals surface area contributed by atoms with Crippen LogP contribution in [-0.4, -0.2) is 37.8 Å². The summed E-state index contributed by atoms with van der Waals surface area (Å²) in [5.74, 6) is 0.328. The molecule has 0 spiro atoms. The lowest BCUT2D eigenvalue weighted by molar-refractivity contribution is 0.0904. The number of hydrogen-bond acceptors (Lipinski definition) is 4. The summed E-state index contributed by atoms with van der Waals surface area (Å²) in [6, 6.07) is 2.82. The second-order valence-electron chi connectivity index (χ2n) is 6.93. The van der Waals surface area contributed by atoms with E-state index in [1.54, 1.807) is 0 Å². The SMILES string of the molecule is CC(C)CCC[C@H](C)NC(=O)c1ccc(S(=O)(=O)N2CCCC2)o1. The molecule has 0 aliphatic carbocycles. The van der Waals surface area contributed by atoms with Gasteiger partial charge in [0.1, 0.15) is 0 Å². The normalized spacial score (nSPS) is 17.3. The van der Waals surface area contributed by atoms with Crippen molar-refractivity contribution < 1.29 is 17.6 Å². The molecule has 0 unspecified atom stereocenters. The average molecular weight is 356 g/mol. The molecule has 1 fully saturated rings. The van der Waals surface area contributed by atoms with Gasteiger partial charge in [-0.3, -0.25) is 4.79 Å². The first-order valence-corrected chi connectivity index (χ1v) is 10.2. The number of sulfonamides is 1. The highest BCUT2D eigenvalue weighted by molar-refractivity contribution is 7.89. The number of hydrogen-bond donors (Lipinski definition) is 1. The lowest BCUT2D eigenvalue weighted by Crippen LogP contribution is -2.32. The summed E-state index contributed by atoms with van der Waals surface area (Å²) in [7, 11) is -3.62. The molecule has 1 aliphatic rings. The Balaban J connectivity index is 1.93. The molecule has 0 saturated carbocycles. The van der Waals surface area contributed by atoms with Gasteiger partial charge in [-0.1, -0.05) is 26.7 Å². The number of nitrogens with zero attached hydrogens (tertiary/aromatic N) is 1. The number of carbonyl (C=O) groups excluding carboxylic acids is 1. The predicted molar refractivity (Wildman–Crippen MR) is 92.3 cm³/mol. The van der Waals surface area contributed by atoms with Crippen molar-refractivity contribution in [3.63, 3.8) is 0 Å². The minimum absolute atomic E-state index is 0.0278. The Morgan fingerprint density at radius 1 is 1.21 bits per heavy atom. The highest BCUT2D eigenvalue weighted by Crippen LogP contribution is 2.22. The molecule has 136 valence electrons. The summed E-state index contributed by atoms with van der Waals surface area (Å²) >= 11 is 0. The van der Waals surface area contributed by atoms with E-state index in [4.69, 9.17) is 4.42 Å². The van der Waals surface area contributed by atoms with Gasteiger partial charge in [0.2, 0.25) is 5.09 Å². The van der Waals surface area contributed by atoms with Gasteiger partial charge < -0.3 is 9.73 Å². The van der Waals surface area contributed by atoms with Crippen molar-refractivity contribution >= 4 is 15.9 Å². The third-order valence-electron chi connectivity index (χ3n) is 4.26. The van der Waals surface area contributed by atoms with Crippen LogP contribution < -0.4 is 5.32 Å². The van der Waals surface area contributed by atoms with Crippen LogP contribution >= 0.6 is 0 Å². The molecule has 1 saturated heterocycles. The van der Waals surface area contributed by atoms with E-state index in [1.165, 1.54) is 16.4 Å². The third kappa shape index (κ3) is 4.83. The minimum Gasteiger partial charge on any atom is -0.438 e. The highest BCUT2D eigenvalue weighted by Gasteiger charge is 2.30. The summed E-state index contributed by atoms with van der Waals surface area (Å²) in [5, 5.41) is 2.71. The van der Waals surface area contributed by atoms with Gasteiger partial charge in [0.25, 0.3) is 15.9 Å². The Labute approximate surface area is 144 Å². The maximum atomic E-state index is 12.4. The fourth-order valence-corrected chi connectivity index (χ4v) is 4.26. The first-order chi connectivity index (χ1) is 11.3. The zero-order valence-electron chi connectivity index (χ0n) is 14.7. The highest BCUT2D eigenvalue weighted by atomic mass is 32.2. The number of amides is 1. The molecule has 1 aromatic heterocycles. The summed E-state index contributed by atoms with van der Waals surface area (Å²) in [5.41, 5.74) is 0. The largest absolute Gasteiger partial charge is 0.438 e. The van der Waals surface area contributed by atoms with Crippen molar-refractivity contribution in [3.8, 4) is 0 Å². The summed E-state index contributed by atoms with van der Waals surface area (Å²) in [4.78, 5) is 12.2. The fraction of sp³-hybridized carbons (Fsp3) is 0.706. The van der Waals surface area contributed by atoms with E-state index in [1.807, 2.05) is 6.92 Å². The Bertz CT molecular complexity index is 645. The van der Waals surface area contributed by atoms with Crippen molar-refractivity contribution in [1.29, 1.82) is 0 Å². The first-order valence-electron chi connectivity index (χ1n) is 8.71. The van der Waals surface area contributed by atoms with Crippen LogP contribution in [-0.2, 0) is 10.0 Å². The Kier molecular flexibility index (Phi) is 6.46. The predicted octanol–water partition coefficient (Wildman–Crippen LogP) is 3.01. The lowest BCUT2D eigenvalue weighted by Gasteiger charge is -2.14. The Hall–Kier alpha value is -1.34. The van der Waals surface area contributed by atoms with Gasteiger partial charge in [-0.15, -0.1) is 0 Å². The summed E-state index contributed by atoms with van der Waals surface area (Å²) < 4.78 is 31.5. The monoisotopic (exact) mass is 356 g/mol. The van der Waals surface area contributed by atoms with Crippen LogP contribution in [0.4, 0.5) is 0 Å². The van der Waals surface area contributed by atoms with Crippen molar-refractivity contribution in [1.82, 2.24) is 9.62 Å². The van der Waals surface area contributed by atoms with Crippen LogP contribution in [0.15, 0.2) is 21.6 Å². The molecule has 2 rings (SSSR count). The van der Waals surface area contributed by atoms with Gasteiger partial charge in [0.15, 0.2) is 5.76 Å². The van der Waals surface area contributed by atoms with Crippen molar-refractivity contribution in [3.05, 3.63) is 17.9 Å². The molecule has 0 radical (unpaired) electrons. The van der Waals surface area contributed by atoms with E-state index < -0.39 is 10.0 Å². The average Bonchev–Trinajstić information content (AvgIpc) is 3.19. The van der Waals surface area contributed by atoms with E-state index in [2.05, 4.69) is 19.2 Å². The molecular formula is C17H28N2O4S. The molecule has 1 aromatic rings. The zero-order chi connectivity index (χ0) is 17.7. The number of rotatable bonds is 8. The van der Waals surface area contributed by atoms with Crippen LogP contribution in [0.1, 0.15) is 63.4 Å². The fourth-order valence-electron chi connectivity index (χ4n) is 2.84. The van der Waals surface area contributed by atoms with Gasteiger partial charge >= 0.3 is 0 Å². The smallest absolute Gasteiger partial charge is 0.287 e. The molecule has 24 heavy (non-hydrogen) atoms. The molecule has 1 N–H and O–H groups in total. The van der Waals surface area contributed by atoms with Crippen LogP contribution in [0.2, 0.25) is 0 Å². The molecule has 0 aromatic carbocycles. The van der Waals surface area contributed by atoms with Gasteiger partial charge in [-0.05, 0) is 44.2 Å². The maximum Gasteiger partial charge on any atom is 0.287 e. The van der Waals surface area contributed by atoms with Gasteiger partial charge in [0.05, 0.1) is 0 Å². The van der Waals surface area contributed by atoms with E-state index >= 15 is 0 Å².